The molecule has 1 atom stereocenters. The second kappa shape index (κ2) is 8.28. The minimum absolute atomic E-state index is 0.00972. The molecule has 0 radical (unpaired) electrons. The minimum atomic E-state index is -1.20. The largest absolute Gasteiger partial charge is 0.444 e. The number of rotatable bonds is 7. The summed E-state index contributed by atoms with van der Waals surface area (Å²) in [6.07, 6.45) is 0.146. The lowest BCUT2D eigenvalue weighted by Crippen LogP contribution is -2.37. The summed E-state index contributed by atoms with van der Waals surface area (Å²) in [6.45, 7) is 7.80. The molecule has 0 aliphatic heterocycles. The molecule has 0 rings (SSSR count). The molecule has 0 fully saturated rings. The fourth-order valence-electron chi connectivity index (χ4n) is 1.02. The zero-order valence-electron chi connectivity index (χ0n) is 11.2. The SMILES string of the molecule is CCCCOCC(F)CNC(=O)OC(C)(C)C. The Morgan fingerprint density at radius 2 is 2.06 bits per heavy atom. The van der Waals surface area contributed by atoms with Gasteiger partial charge in [-0.15, -0.1) is 0 Å². The topological polar surface area (TPSA) is 47.6 Å². The molecule has 0 spiro atoms. The summed E-state index contributed by atoms with van der Waals surface area (Å²) in [5.74, 6) is 0. The Morgan fingerprint density at radius 1 is 1.41 bits per heavy atom. The van der Waals surface area contributed by atoms with Gasteiger partial charge in [0.05, 0.1) is 13.2 Å². The maximum Gasteiger partial charge on any atom is 0.407 e. The van der Waals surface area contributed by atoms with Crippen molar-refractivity contribution in [2.45, 2.75) is 52.3 Å². The van der Waals surface area contributed by atoms with Gasteiger partial charge in [0, 0.05) is 6.61 Å². The van der Waals surface area contributed by atoms with E-state index in [4.69, 9.17) is 9.47 Å². The van der Waals surface area contributed by atoms with Crippen LogP contribution in [0.25, 0.3) is 0 Å². The van der Waals surface area contributed by atoms with Crippen LogP contribution < -0.4 is 5.32 Å². The Balaban J connectivity index is 3.55. The summed E-state index contributed by atoms with van der Waals surface area (Å²) in [7, 11) is 0. The molecule has 0 saturated carbocycles. The predicted octanol–water partition coefficient (Wildman–Crippen LogP) is 2.67. The number of amides is 1. The maximum absolute atomic E-state index is 13.2. The second-order valence-corrected chi connectivity index (χ2v) is 4.91. The molecule has 1 unspecified atom stereocenters. The molecule has 0 heterocycles. The van der Waals surface area contributed by atoms with E-state index in [1.165, 1.54) is 0 Å². The van der Waals surface area contributed by atoms with Crippen molar-refractivity contribution in [1.29, 1.82) is 0 Å². The van der Waals surface area contributed by atoms with Crippen LogP contribution in [0.2, 0.25) is 0 Å². The van der Waals surface area contributed by atoms with Gasteiger partial charge in [-0.1, -0.05) is 13.3 Å². The molecule has 0 aliphatic rings. The maximum atomic E-state index is 13.2. The van der Waals surface area contributed by atoms with Crippen molar-refractivity contribution in [3.05, 3.63) is 0 Å². The molecule has 4 nitrogen and oxygen atoms in total. The van der Waals surface area contributed by atoms with E-state index >= 15 is 0 Å². The van der Waals surface area contributed by atoms with Crippen molar-refractivity contribution in [2.24, 2.45) is 0 Å². The molecule has 0 saturated heterocycles. The first-order valence-electron chi connectivity index (χ1n) is 6.04. The van der Waals surface area contributed by atoms with E-state index in [0.29, 0.717) is 6.61 Å². The number of hydrogen-bond donors (Lipinski definition) is 1. The number of ether oxygens (including phenoxy) is 2. The number of hydrogen-bond acceptors (Lipinski definition) is 3. The fraction of sp³-hybridized carbons (Fsp3) is 0.917. The first-order chi connectivity index (χ1) is 7.85. The average molecular weight is 249 g/mol. The van der Waals surface area contributed by atoms with E-state index in [-0.39, 0.29) is 13.2 Å². The molecule has 0 aromatic heterocycles. The number of alkyl carbamates (subject to hydrolysis) is 1. The number of nitrogens with one attached hydrogen (secondary N) is 1. The van der Waals surface area contributed by atoms with Gasteiger partial charge >= 0.3 is 6.09 Å². The zero-order chi connectivity index (χ0) is 13.3. The lowest BCUT2D eigenvalue weighted by atomic mass is 10.2. The lowest BCUT2D eigenvalue weighted by molar-refractivity contribution is 0.0464. The molecular formula is C12H24FNO3. The first-order valence-corrected chi connectivity index (χ1v) is 6.04. The van der Waals surface area contributed by atoms with Gasteiger partial charge in [0.1, 0.15) is 11.8 Å². The van der Waals surface area contributed by atoms with E-state index in [2.05, 4.69) is 5.32 Å². The average Bonchev–Trinajstić information content (AvgIpc) is 2.19. The number of carbonyl (C=O) groups is 1. The monoisotopic (exact) mass is 249 g/mol. The molecule has 0 bridgehead atoms. The quantitative estimate of drug-likeness (QED) is 0.706. The van der Waals surface area contributed by atoms with Crippen LogP contribution in [-0.4, -0.2) is 37.6 Å². The Labute approximate surface area is 103 Å². The van der Waals surface area contributed by atoms with Gasteiger partial charge in [-0.3, -0.25) is 0 Å². The molecule has 0 aromatic rings. The zero-order valence-corrected chi connectivity index (χ0v) is 11.2. The van der Waals surface area contributed by atoms with Crippen molar-refractivity contribution >= 4 is 6.09 Å². The van der Waals surface area contributed by atoms with Crippen molar-refractivity contribution in [1.82, 2.24) is 5.32 Å². The van der Waals surface area contributed by atoms with Crippen molar-refractivity contribution in [3.63, 3.8) is 0 Å². The molecule has 17 heavy (non-hydrogen) atoms. The summed E-state index contributed by atoms with van der Waals surface area (Å²) >= 11 is 0. The molecule has 102 valence electrons. The van der Waals surface area contributed by atoms with Crippen LogP contribution in [0, 0.1) is 0 Å². The summed E-state index contributed by atoms with van der Waals surface area (Å²) in [4.78, 5) is 11.2. The van der Waals surface area contributed by atoms with E-state index < -0.39 is 17.9 Å². The molecule has 1 amide bonds. The van der Waals surface area contributed by atoms with Crippen LogP contribution in [-0.2, 0) is 9.47 Å². The van der Waals surface area contributed by atoms with Gasteiger partial charge in [-0.05, 0) is 27.2 Å². The Morgan fingerprint density at radius 3 is 2.59 bits per heavy atom. The van der Waals surface area contributed by atoms with E-state index in [0.717, 1.165) is 12.8 Å². The van der Waals surface area contributed by atoms with Gasteiger partial charge in [0.25, 0.3) is 0 Å². The van der Waals surface area contributed by atoms with Crippen LogP contribution in [0.5, 0.6) is 0 Å². The standard InChI is InChI=1S/C12H24FNO3/c1-5-6-7-16-9-10(13)8-14-11(15)17-12(2,3)4/h10H,5-9H2,1-4H3,(H,14,15). The second-order valence-electron chi connectivity index (χ2n) is 4.91. The first kappa shape index (κ1) is 16.2. The third-order valence-electron chi connectivity index (χ3n) is 1.81. The Bertz CT molecular complexity index is 216. The van der Waals surface area contributed by atoms with Crippen molar-refractivity contribution in [2.75, 3.05) is 19.8 Å². The molecule has 0 aromatic carbocycles. The summed E-state index contributed by atoms with van der Waals surface area (Å²) in [5.41, 5.74) is -0.562. The van der Waals surface area contributed by atoms with Gasteiger partial charge in [-0.2, -0.15) is 0 Å². The highest BCUT2D eigenvalue weighted by Crippen LogP contribution is 2.06. The number of alkyl halides is 1. The highest BCUT2D eigenvalue weighted by atomic mass is 19.1. The highest BCUT2D eigenvalue weighted by Gasteiger charge is 2.17. The number of carbonyl (C=O) groups excluding carboxylic acids is 1. The molecule has 0 aliphatic carbocycles. The van der Waals surface area contributed by atoms with Crippen molar-refractivity contribution < 1.29 is 18.7 Å². The smallest absolute Gasteiger partial charge is 0.407 e. The lowest BCUT2D eigenvalue weighted by Gasteiger charge is -2.20. The molecular weight excluding hydrogens is 225 g/mol. The number of halogens is 1. The van der Waals surface area contributed by atoms with E-state index in [1.54, 1.807) is 20.8 Å². The van der Waals surface area contributed by atoms with E-state index in [9.17, 15) is 9.18 Å². The van der Waals surface area contributed by atoms with Gasteiger partial charge in [-0.25, -0.2) is 9.18 Å². The summed E-state index contributed by atoms with van der Waals surface area (Å²) < 4.78 is 23.3. The normalized spacial score (nSPS) is 13.2. The molecule has 5 heteroatoms. The third kappa shape index (κ3) is 11.4. The van der Waals surface area contributed by atoms with Crippen LogP contribution in [0.15, 0.2) is 0 Å². The predicted molar refractivity (Wildman–Crippen MR) is 64.9 cm³/mol. The van der Waals surface area contributed by atoms with Crippen LogP contribution in [0.1, 0.15) is 40.5 Å². The van der Waals surface area contributed by atoms with Crippen LogP contribution >= 0.6 is 0 Å². The highest BCUT2D eigenvalue weighted by molar-refractivity contribution is 5.67. The number of unbranched alkanes of at least 4 members (excludes halogenated alkanes) is 1. The van der Waals surface area contributed by atoms with Crippen molar-refractivity contribution in [3.8, 4) is 0 Å². The summed E-state index contributed by atoms with van der Waals surface area (Å²) in [6, 6.07) is 0. The Hall–Kier alpha value is -0.840. The Kier molecular flexibility index (Phi) is 7.87. The van der Waals surface area contributed by atoms with Gasteiger partial charge in [0.2, 0.25) is 0 Å². The molecule has 1 N–H and O–H groups in total. The van der Waals surface area contributed by atoms with Crippen LogP contribution in [0.3, 0.4) is 0 Å². The summed E-state index contributed by atoms with van der Waals surface area (Å²) in [5, 5.41) is 2.36. The minimum Gasteiger partial charge on any atom is -0.444 e. The third-order valence-corrected chi connectivity index (χ3v) is 1.81. The van der Waals surface area contributed by atoms with Gasteiger partial charge < -0.3 is 14.8 Å². The van der Waals surface area contributed by atoms with Crippen LogP contribution in [0.4, 0.5) is 9.18 Å². The van der Waals surface area contributed by atoms with Gasteiger partial charge in [0.15, 0.2) is 0 Å². The van der Waals surface area contributed by atoms with E-state index in [1.807, 2.05) is 6.92 Å². The fourth-order valence-corrected chi connectivity index (χ4v) is 1.02.